The van der Waals surface area contributed by atoms with Gasteiger partial charge in [-0.3, -0.25) is 9.59 Å². The lowest BCUT2D eigenvalue weighted by Gasteiger charge is -2.09. The highest BCUT2D eigenvalue weighted by Crippen LogP contribution is 2.20. The minimum Gasteiger partial charge on any atom is -0.326 e. The van der Waals surface area contributed by atoms with Crippen molar-refractivity contribution in [3.05, 3.63) is 71.5 Å². The number of nitrogens with zero attached hydrogens (tertiary/aromatic N) is 2. The van der Waals surface area contributed by atoms with E-state index < -0.39 is 0 Å². The van der Waals surface area contributed by atoms with E-state index in [0.29, 0.717) is 17.8 Å². The average Bonchev–Trinajstić information content (AvgIpc) is 2.97. The molecule has 0 aliphatic carbocycles. The van der Waals surface area contributed by atoms with Crippen molar-refractivity contribution in [2.45, 2.75) is 33.6 Å². The molecule has 0 radical (unpaired) electrons. The van der Waals surface area contributed by atoms with Crippen LogP contribution in [0.4, 0.5) is 11.4 Å². The molecule has 28 heavy (non-hydrogen) atoms. The smallest absolute Gasteiger partial charge is 0.228 e. The summed E-state index contributed by atoms with van der Waals surface area (Å²) in [5, 5.41) is 10.3. The van der Waals surface area contributed by atoms with Crippen molar-refractivity contribution in [2.75, 3.05) is 10.6 Å². The number of rotatable bonds is 6. The van der Waals surface area contributed by atoms with E-state index in [9.17, 15) is 9.59 Å². The largest absolute Gasteiger partial charge is 0.326 e. The Bertz CT molecular complexity index is 993. The Hall–Kier alpha value is -3.41. The van der Waals surface area contributed by atoms with E-state index >= 15 is 0 Å². The standard InChI is InChI=1S/C22H24N4O2/c1-4-21(27)23-17-9-8-10-18(13-17)24-22(28)14-20-15(2)25-26(16(20)3)19-11-6-5-7-12-19/h5-13H,4,14H2,1-3H3,(H,23,27)(H,24,28). The third-order valence-corrected chi connectivity index (χ3v) is 4.53. The van der Waals surface area contributed by atoms with E-state index in [2.05, 4.69) is 15.7 Å². The molecule has 6 heteroatoms. The number of carbonyl (C=O) groups excluding carboxylic acids is 2. The maximum atomic E-state index is 12.6. The highest BCUT2D eigenvalue weighted by molar-refractivity contribution is 5.95. The number of anilines is 2. The molecule has 3 aromatic rings. The molecule has 2 aromatic carbocycles. The minimum absolute atomic E-state index is 0.0666. The van der Waals surface area contributed by atoms with Crippen LogP contribution in [-0.2, 0) is 16.0 Å². The van der Waals surface area contributed by atoms with Gasteiger partial charge in [-0.25, -0.2) is 4.68 Å². The van der Waals surface area contributed by atoms with Crippen LogP contribution < -0.4 is 10.6 Å². The number of benzene rings is 2. The van der Waals surface area contributed by atoms with Crippen LogP contribution in [0.1, 0.15) is 30.3 Å². The molecule has 0 aliphatic heterocycles. The maximum absolute atomic E-state index is 12.6. The van der Waals surface area contributed by atoms with Crippen LogP contribution in [0.15, 0.2) is 54.6 Å². The number of aromatic nitrogens is 2. The maximum Gasteiger partial charge on any atom is 0.228 e. The van der Waals surface area contributed by atoms with Gasteiger partial charge in [-0.05, 0) is 44.2 Å². The summed E-state index contributed by atoms with van der Waals surface area (Å²) in [4.78, 5) is 24.1. The molecule has 1 aromatic heterocycles. The van der Waals surface area contributed by atoms with E-state index in [1.165, 1.54) is 0 Å². The lowest BCUT2D eigenvalue weighted by molar-refractivity contribution is -0.116. The molecule has 0 saturated heterocycles. The van der Waals surface area contributed by atoms with Crippen molar-refractivity contribution in [2.24, 2.45) is 0 Å². The number of amides is 2. The van der Waals surface area contributed by atoms with Crippen molar-refractivity contribution in [3.8, 4) is 5.69 Å². The molecule has 1 heterocycles. The van der Waals surface area contributed by atoms with E-state index in [1.54, 1.807) is 31.2 Å². The van der Waals surface area contributed by atoms with E-state index in [-0.39, 0.29) is 18.2 Å². The van der Waals surface area contributed by atoms with Gasteiger partial charge in [0.05, 0.1) is 17.8 Å². The zero-order valence-corrected chi connectivity index (χ0v) is 16.3. The minimum atomic E-state index is -0.127. The third-order valence-electron chi connectivity index (χ3n) is 4.53. The van der Waals surface area contributed by atoms with Gasteiger partial charge in [0.2, 0.25) is 11.8 Å². The van der Waals surface area contributed by atoms with Crippen LogP contribution in [0.2, 0.25) is 0 Å². The van der Waals surface area contributed by atoms with Gasteiger partial charge in [0, 0.05) is 29.1 Å². The fraction of sp³-hybridized carbons (Fsp3) is 0.227. The monoisotopic (exact) mass is 376 g/mol. The first-order valence-electron chi connectivity index (χ1n) is 9.28. The molecule has 0 atom stereocenters. The molecular weight excluding hydrogens is 352 g/mol. The van der Waals surface area contributed by atoms with E-state index in [1.807, 2.05) is 48.9 Å². The van der Waals surface area contributed by atoms with Gasteiger partial charge in [-0.1, -0.05) is 31.2 Å². The summed E-state index contributed by atoms with van der Waals surface area (Å²) >= 11 is 0. The van der Waals surface area contributed by atoms with Gasteiger partial charge in [0.15, 0.2) is 0 Å². The average molecular weight is 376 g/mol. The molecule has 6 nitrogen and oxygen atoms in total. The molecule has 0 spiro atoms. The second-order valence-corrected chi connectivity index (χ2v) is 6.60. The van der Waals surface area contributed by atoms with Crippen LogP contribution in [0.3, 0.4) is 0 Å². The summed E-state index contributed by atoms with van der Waals surface area (Å²) in [6.45, 7) is 5.67. The van der Waals surface area contributed by atoms with Crippen molar-refractivity contribution in [3.63, 3.8) is 0 Å². The zero-order chi connectivity index (χ0) is 20.1. The van der Waals surface area contributed by atoms with Crippen molar-refractivity contribution in [1.82, 2.24) is 9.78 Å². The molecule has 0 fully saturated rings. The zero-order valence-electron chi connectivity index (χ0n) is 16.3. The van der Waals surface area contributed by atoms with Crippen LogP contribution in [0, 0.1) is 13.8 Å². The lowest BCUT2D eigenvalue weighted by atomic mass is 10.1. The van der Waals surface area contributed by atoms with Crippen molar-refractivity contribution < 1.29 is 9.59 Å². The third kappa shape index (κ3) is 4.46. The number of aryl methyl sites for hydroxylation is 1. The normalized spacial score (nSPS) is 10.5. The Labute approximate surface area is 164 Å². The number of carbonyl (C=O) groups is 2. The van der Waals surface area contributed by atoms with Crippen LogP contribution >= 0.6 is 0 Å². The van der Waals surface area contributed by atoms with Crippen LogP contribution in [-0.4, -0.2) is 21.6 Å². The van der Waals surface area contributed by atoms with Crippen molar-refractivity contribution >= 4 is 23.2 Å². The second kappa shape index (κ2) is 8.52. The molecule has 2 N–H and O–H groups in total. The number of hydrogen-bond donors (Lipinski definition) is 2. The molecule has 0 bridgehead atoms. The van der Waals surface area contributed by atoms with Crippen molar-refractivity contribution in [1.29, 1.82) is 0 Å². The highest BCUT2D eigenvalue weighted by Gasteiger charge is 2.16. The molecule has 3 rings (SSSR count). The summed E-state index contributed by atoms with van der Waals surface area (Å²) < 4.78 is 1.86. The predicted octanol–water partition coefficient (Wildman–Crippen LogP) is 4.02. The molecule has 0 unspecified atom stereocenters. The lowest BCUT2D eigenvalue weighted by Crippen LogP contribution is -2.16. The van der Waals surface area contributed by atoms with E-state index in [0.717, 1.165) is 22.6 Å². The fourth-order valence-electron chi connectivity index (χ4n) is 3.04. The Morgan fingerprint density at radius 1 is 0.929 bits per heavy atom. The summed E-state index contributed by atoms with van der Waals surface area (Å²) in [6.07, 6.45) is 0.636. The molecule has 0 aliphatic rings. The molecular formula is C22H24N4O2. The molecule has 2 amide bonds. The Balaban J connectivity index is 1.73. The summed E-state index contributed by atoms with van der Waals surface area (Å²) in [5.41, 5.74) is 4.97. The first kappa shape index (κ1) is 19.4. The summed E-state index contributed by atoms with van der Waals surface area (Å²) in [7, 11) is 0. The fourth-order valence-corrected chi connectivity index (χ4v) is 3.04. The van der Waals surface area contributed by atoms with Gasteiger partial charge >= 0.3 is 0 Å². The molecule has 144 valence electrons. The van der Waals surface area contributed by atoms with Crippen LogP contribution in [0.25, 0.3) is 5.69 Å². The number of hydrogen-bond acceptors (Lipinski definition) is 3. The Morgan fingerprint density at radius 2 is 1.57 bits per heavy atom. The summed E-state index contributed by atoms with van der Waals surface area (Å²) in [6, 6.07) is 17.0. The quantitative estimate of drug-likeness (QED) is 0.682. The second-order valence-electron chi connectivity index (χ2n) is 6.60. The van der Waals surface area contributed by atoms with Crippen LogP contribution in [0.5, 0.6) is 0 Å². The predicted molar refractivity (Wildman–Crippen MR) is 111 cm³/mol. The number of nitrogens with one attached hydrogen (secondary N) is 2. The van der Waals surface area contributed by atoms with Gasteiger partial charge in [-0.2, -0.15) is 5.10 Å². The van der Waals surface area contributed by atoms with Gasteiger partial charge in [-0.15, -0.1) is 0 Å². The van der Waals surface area contributed by atoms with Gasteiger partial charge in [0.1, 0.15) is 0 Å². The summed E-state index contributed by atoms with van der Waals surface area (Å²) in [5.74, 6) is -0.194. The Kier molecular flexibility index (Phi) is 5.89. The van der Waals surface area contributed by atoms with E-state index in [4.69, 9.17) is 0 Å². The highest BCUT2D eigenvalue weighted by atomic mass is 16.2. The van der Waals surface area contributed by atoms with Gasteiger partial charge in [0.25, 0.3) is 0 Å². The first-order valence-corrected chi connectivity index (χ1v) is 9.28. The topological polar surface area (TPSA) is 76.0 Å². The molecule has 0 saturated carbocycles. The Morgan fingerprint density at radius 3 is 2.21 bits per heavy atom. The number of para-hydroxylation sites is 1. The van der Waals surface area contributed by atoms with Gasteiger partial charge < -0.3 is 10.6 Å². The first-order chi connectivity index (χ1) is 13.5. The SMILES string of the molecule is CCC(=O)Nc1cccc(NC(=O)Cc2c(C)nn(-c3ccccc3)c2C)c1.